The first-order chi connectivity index (χ1) is 18.4. The van der Waals surface area contributed by atoms with Crippen molar-refractivity contribution < 1.29 is 22.8 Å². The number of benzene rings is 1. The number of nitrogens with zero attached hydrogens (tertiary/aromatic N) is 6. The van der Waals surface area contributed by atoms with Crippen LogP contribution in [-0.4, -0.2) is 77.0 Å². The lowest BCUT2D eigenvalue weighted by Gasteiger charge is -2.34. The highest BCUT2D eigenvalue weighted by molar-refractivity contribution is 7.19. The van der Waals surface area contributed by atoms with Crippen LogP contribution in [0.25, 0.3) is 10.6 Å². The van der Waals surface area contributed by atoms with Gasteiger partial charge in [0.05, 0.1) is 21.8 Å². The van der Waals surface area contributed by atoms with Gasteiger partial charge in [0.1, 0.15) is 0 Å². The number of alkyl halides is 3. The molecule has 0 aliphatic carbocycles. The van der Waals surface area contributed by atoms with Crippen molar-refractivity contribution >= 4 is 40.0 Å². The summed E-state index contributed by atoms with van der Waals surface area (Å²) in [6, 6.07) is 4.77. The molecule has 2 aromatic heterocycles. The largest absolute Gasteiger partial charge is 0.416 e. The number of thiazole rings is 1. The fraction of sp³-hybridized carbons (Fsp3) is 0.400. The maximum Gasteiger partial charge on any atom is 0.416 e. The van der Waals surface area contributed by atoms with Crippen LogP contribution in [0, 0.1) is 6.92 Å². The zero-order valence-electron chi connectivity index (χ0n) is 22.0. The van der Waals surface area contributed by atoms with Crippen LogP contribution in [0.4, 0.5) is 34.7 Å². The van der Waals surface area contributed by atoms with Crippen LogP contribution in [0.15, 0.2) is 30.5 Å². The second kappa shape index (κ2) is 11.5. The number of aryl methyl sites for hydroxylation is 1. The smallest absolute Gasteiger partial charge is 0.347 e. The van der Waals surface area contributed by atoms with Gasteiger partial charge in [-0.2, -0.15) is 13.2 Å². The van der Waals surface area contributed by atoms with Gasteiger partial charge in [-0.3, -0.25) is 15.0 Å². The van der Waals surface area contributed by atoms with Crippen molar-refractivity contribution in [2.75, 3.05) is 55.8 Å². The van der Waals surface area contributed by atoms with Crippen molar-refractivity contribution in [3.05, 3.63) is 47.3 Å². The number of amides is 3. The van der Waals surface area contributed by atoms with Gasteiger partial charge >= 0.3 is 12.2 Å². The SMILES string of the molecule is CC(=O)N1CCN(Cc2ccc(NC(=O)Nc3nc(C)c(-c4ccnc(N(C)C)n4)s3)cc2C(F)(F)F)CC1. The molecule has 2 N–H and O–H groups in total. The van der Waals surface area contributed by atoms with Crippen LogP contribution in [0.2, 0.25) is 0 Å². The fourth-order valence-electron chi connectivity index (χ4n) is 4.16. The van der Waals surface area contributed by atoms with Crippen molar-refractivity contribution in [2.45, 2.75) is 26.6 Å². The number of hydrogen-bond acceptors (Lipinski definition) is 8. The third-order valence-electron chi connectivity index (χ3n) is 6.18. The highest BCUT2D eigenvalue weighted by Gasteiger charge is 2.34. The first-order valence-corrected chi connectivity index (χ1v) is 13.0. The maximum atomic E-state index is 13.9. The number of halogens is 3. The zero-order chi connectivity index (χ0) is 28.3. The molecule has 1 aromatic carbocycles. The summed E-state index contributed by atoms with van der Waals surface area (Å²) in [6.07, 6.45) is -2.97. The standard InChI is InChI=1S/C25H29F3N8O2S/c1-15-21(20-7-8-29-22(32-20)34(3)4)39-24(30-15)33-23(38)31-18-6-5-17(19(13-18)25(26,27)28)14-35-9-11-36(12-10-35)16(2)37/h5-8,13H,9-12,14H2,1-4H3,(H2,30,31,33,38). The topological polar surface area (TPSA) is 107 Å². The van der Waals surface area contributed by atoms with Gasteiger partial charge in [-0.25, -0.2) is 19.7 Å². The number of carbonyl (C=O) groups is 2. The number of aromatic nitrogens is 3. The average molecular weight is 563 g/mol. The minimum absolute atomic E-state index is 0.00454. The lowest BCUT2D eigenvalue weighted by Crippen LogP contribution is -2.47. The van der Waals surface area contributed by atoms with E-state index < -0.39 is 17.8 Å². The van der Waals surface area contributed by atoms with E-state index in [0.29, 0.717) is 43.5 Å². The van der Waals surface area contributed by atoms with E-state index in [1.807, 2.05) is 19.0 Å². The van der Waals surface area contributed by atoms with E-state index in [-0.39, 0.29) is 28.8 Å². The molecule has 0 radical (unpaired) electrons. The van der Waals surface area contributed by atoms with Crippen LogP contribution < -0.4 is 15.5 Å². The Kier molecular flexibility index (Phi) is 8.35. The van der Waals surface area contributed by atoms with Crippen molar-refractivity contribution in [3.8, 4) is 10.6 Å². The Hall–Kier alpha value is -3.78. The molecule has 1 aliphatic rings. The molecule has 208 valence electrons. The molecule has 39 heavy (non-hydrogen) atoms. The van der Waals surface area contributed by atoms with E-state index in [1.165, 1.54) is 30.4 Å². The van der Waals surface area contributed by atoms with E-state index >= 15 is 0 Å². The summed E-state index contributed by atoms with van der Waals surface area (Å²) < 4.78 is 41.7. The molecular weight excluding hydrogens is 533 g/mol. The average Bonchev–Trinajstić information content (AvgIpc) is 3.24. The van der Waals surface area contributed by atoms with Gasteiger partial charge in [0.15, 0.2) is 5.13 Å². The second-order valence-electron chi connectivity index (χ2n) is 9.30. The van der Waals surface area contributed by atoms with E-state index in [4.69, 9.17) is 0 Å². The highest BCUT2D eigenvalue weighted by atomic mass is 32.1. The van der Waals surface area contributed by atoms with Gasteiger partial charge in [0.25, 0.3) is 0 Å². The third kappa shape index (κ3) is 7.00. The summed E-state index contributed by atoms with van der Waals surface area (Å²) in [4.78, 5) is 43.2. The summed E-state index contributed by atoms with van der Waals surface area (Å²) in [5.74, 6) is 0.478. The predicted molar refractivity (Wildman–Crippen MR) is 144 cm³/mol. The minimum atomic E-state index is -4.60. The molecule has 3 amide bonds. The first kappa shape index (κ1) is 28.2. The zero-order valence-corrected chi connectivity index (χ0v) is 22.8. The number of nitrogens with one attached hydrogen (secondary N) is 2. The number of rotatable bonds is 6. The number of carbonyl (C=O) groups excluding carboxylic acids is 2. The highest BCUT2D eigenvalue weighted by Crippen LogP contribution is 2.35. The maximum absolute atomic E-state index is 13.9. The molecule has 10 nitrogen and oxygen atoms in total. The van der Waals surface area contributed by atoms with Gasteiger partial charge in [-0.15, -0.1) is 0 Å². The lowest BCUT2D eigenvalue weighted by molar-refractivity contribution is -0.138. The van der Waals surface area contributed by atoms with E-state index in [0.717, 1.165) is 10.9 Å². The summed E-state index contributed by atoms with van der Waals surface area (Å²) in [5, 5.41) is 5.34. The molecule has 0 atom stereocenters. The molecule has 14 heteroatoms. The van der Waals surface area contributed by atoms with Gasteiger partial charge in [-0.1, -0.05) is 17.4 Å². The lowest BCUT2D eigenvalue weighted by atomic mass is 10.0. The van der Waals surface area contributed by atoms with Crippen LogP contribution >= 0.6 is 11.3 Å². The Balaban J connectivity index is 1.44. The monoisotopic (exact) mass is 562 g/mol. The second-order valence-corrected chi connectivity index (χ2v) is 10.3. The Morgan fingerprint density at radius 2 is 1.79 bits per heavy atom. The number of urea groups is 1. The molecular formula is C25H29F3N8O2S. The van der Waals surface area contributed by atoms with Gasteiger partial charge in [0.2, 0.25) is 11.9 Å². The first-order valence-electron chi connectivity index (χ1n) is 12.1. The van der Waals surface area contributed by atoms with E-state index in [1.54, 1.807) is 29.0 Å². The summed E-state index contributed by atoms with van der Waals surface area (Å²) in [5.41, 5.74) is 0.579. The molecule has 1 fully saturated rings. The van der Waals surface area contributed by atoms with Crippen molar-refractivity contribution in [1.82, 2.24) is 24.8 Å². The number of piperazine rings is 1. The minimum Gasteiger partial charge on any atom is -0.347 e. The molecule has 3 aromatic rings. The van der Waals surface area contributed by atoms with Crippen LogP contribution in [-0.2, 0) is 17.5 Å². The van der Waals surface area contributed by atoms with E-state index in [2.05, 4.69) is 25.6 Å². The van der Waals surface area contributed by atoms with Crippen molar-refractivity contribution in [1.29, 1.82) is 0 Å². The Morgan fingerprint density at radius 3 is 2.44 bits per heavy atom. The predicted octanol–water partition coefficient (Wildman–Crippen LogP) is 4.30. The fourth-order valence-corrected chi connectivity index (χ4v) is 5.09. The van der Waals surface area contributed by atoms with E-state index in [9.17, 15) is 22.8 Å². The molecule has 0 spiro atoms. The Labute approximate surface area is 227 Å². The van der Waals surface area contributed by atoms with Crippen molar-refractivity contribution in [2.24, 2.45) is 0 Å². The van der Waals surface area contributed by atoms with Gasteiger partial charge < -0.3 is 15.1 Å². The van der Waals surface area contributed by atoms with Gasteiger partial charge in [0, 0.05) is 65.6 Å². The molecule has 0 unspecified atom stereocenters. The number of anilines is 3. The molecule has 3 heterocycles. The molecule has 0 saturated carbocycles. The van der Waals surface area contributed by atoms with Crippen molar-refractivity contribution in [3.63, 3.8) is 0 Å². The Bertz CT molecular complexity index is 1350. The van der Waals surface area contributed by atoms with Crippen LogP contribution in [0.5, 0.6) is 0 Å². The molecule has 1 aliphatic heterocycles. The summed E-state index contributed by atoms with van der Waals surface area (Å²) in [6.45, 7) is 5.27. The normalized spacial score (nSPS) is 14.3. The molecule has 1 saturated heterocycles. The quantitative estimate of drug-likeness (QED) is 0.461. The summed E-state index contributed by atoms with van der Waals surface area (Å²) >= 11 is 1.20. The molecule has 0 bridgehead atoms. The Morgan fingerprint density at radius 1 is 1.08 bits per heavy atom. The third-order valence-corrected chi connectivity index (χ3v) is 7.27. The summed E-state index contributed by atoms with van der Waals surface area (Å²) in [7, 11) is 3.65. The van der Waals surface area contributed by atoms with Crippen LogP contribution in [0.3, 0.4) is 0 Å². The number of hydrogen-bond donors (Lipinski definition) is 2. The van der Waals surface area contributed by atoms with Crippen LogP contribution in [0.1, 0.15) is 23.7 Å². The van der Waals surface area contributed by atoms with Gasteiger partial charge in [-0.05, 0) is 30.7 Å². The molecule has 4 rings (SSSR count).